The Morgan fingerprint density at radius 3 is 2.25 bits per heavy atom. The summed E-state index contributed by atoms with van der Waals surface area (Å²) in [6.07, 6.45) is 6.39. The first-order valence-corrected chi connectivity index (χ1v) is 15.2. The van der Waals surface area contributed by atoms with Gasteiger partial charge in [-0.1, -0.05) is 51.1 Å². The number of alkyl carbamates (subject to hydrolysis) is 1. The van der Waals surface area contributed by atoms with Gasteiger partial charge in [-0.25, -0.2) is 9.59 Å². The number of carbonyl (C=O) groups excluding carboxylic acids is 2. The number of methoxy groups -OCH3 is 1. The number of carboxylic acid groups (broad SMARTS) is 1. The SMILES string of the molecule is CC(C)C.CCNC(=O)OC1CCCC1.COc1ccc2c(=O)cc(-c3ccccc3)[nH]c2c1.O=CN1CCCC1C(=O)O. The summed E-state index contributed by atoms with van der Waals surface area (Å²) in [7, 11) is 1.61. The van der Waals surface area contributed by atoms with Gasteiger partial charge in [-0.2, -0.15) is 0 Å². The van der Waals surface area contributed by atoms with Crippen LogP contribution in [0.5, 0.6) is 5.75 Å². The number of pyridine rings is 1. The highest BCUT2D eigenvalue weighted by Crippen LogP contribution is 2.22. The molecule has 2 amide bonds. The molecule has 2 heterocycles. The highest BCUT2D eigenvalue weighted by molar-refractivity contribution is 5.82. The molecule has 2 aromatic carbocycles. The fourth-order valence-corrected chi connectivity index (χ4v) is 4.66. The number of aromatic nitrogens is 1. The van der Waals surface area contributed by atoms with Gasteiger partial charge in [0.05, 0.1) is 12.6 Å². The highest BCUT2D eigenvalue weighted by Gasteiger charge is 2.28. The number of aromatic amines is 1. The molecule has 1 atom stereocenters. The molecule has 3 N–H and O–H groups in total. The van der Waals surface area contributed by atoms with E-state index in [0.29, 0.717) is 31.3 Å². The van der Waals surface area contributed by atoms with Gasteiger partial charge in [-0.15, -0.1) is 0 Å². The second-order valence-corrected chi connectivity index (χ2v) is 11.2. The largest absolute Gasteiger partial charge is 0.497 e. The summed E-state index contributed by atoms with van der Waals surface area (Å²) in [5, 5.41) is 11.8. The van der Waals surface area contributed by atoms with Crippen molar-refractivity contribution in [3.8, 4) is 17.0 Å². The fourth-order valence-electron chi connectivity index (χ4n) is 4.66. The number of benzene rings is 2. The van der Waals surface area contributed by atoms with E-state index >= 15 is 0 Å². The van der Waals surface area contributed by atoms with Gasteiger partial charge in [-0.3, -0.25) is 9.59 Å². The van der Waals surface area contributed by atoms with Crippen molar-refractivity contribution in [2.24, 2.45) is 5.92 Å². The van der Waals surface area contributed by atoms with E-state index in [-0.39, 0.29) is 17.6 Å². The molecule has 1 aromatic heterocycles. The molecule has 1 saturated carbocycles. The molecule has 0 radical (unpaired) electrons. The average Bonchev–Trinajstić information content (AvgIpc) is 3.70. The minimum Gasteiger partial charge on any atom is -0.497 e. The maximum atomic E-state index is 12.1. The summed E-state index contributed by atoms with van der Waals surface area (Å²) in [5.74, 6) is 0.665. The van der Waals surface area contributed by atoms with Crippen molar-refractivity contribution in [1.82, 2.24) is 15.2 Å². The van der Waals surface area contributed by atoms with Gasteiger partial charge in [0.15, 0.2) is 5.43 Å². The van der Waals surface area contributed by atoms with Gasteiger partial charge in [0.25, 0.3) is 0 Å². The van der Waals surface area contributed by atoms with Crippen LogP contribution < -0.4 is 15.5 Å². The number of nitrogens with one attached hydrogen (secondary N) is 2. The number of fused-ring (bicyclic) bond motifs is 1. The van der Waals surface area contributed by atoms with Crippen LogP contribution >= 0.6 is 0 Å². The zero-order valence-corrected chi connectivity index (χ0v) is 26.5. The molecule has 10 heteroatoms. The van der Waals surface area contributed by atoms with E-state index in [9.17, 15) is 19.2 Å². The topological polar surface area (TPSA) is 138 Å². The molecule has 1 aliphatic carbocycles. The number of aliphatic carboxylic acids is 1. The molecule has 3 aromatic rings. The number of amides is 2. The Hall–Kier alpha value is -4.34. The zero-order valence-electron chi connectivity index (χ0n) is 26.5. The van der Waals surface area contributed by atoms with Crippen LogP contribution in [-0.2, 0) is 14.3 Å². The third-order valence-corrected chi connectivity index (χ3v) is 6.73. The number of nitrogens with zero attached hydrogens (tertiary/aromatic N) is 1. The van der Waals surface area contributed by atoms with E-state index < -0.39 is 12.0 Å². The van der Waals surface area contributed by atoms with Gasteiger partial charge >= 0.3 is 12.1 Å². The summed E-state index contributed by atoms with van der Waals surface area (Å²) in [4.78, 5) is 48.1. The smallest absolute Gasteiger partial charge is 0.407 e. The van der Waals surface area contributed by atoms with Crippen LogP contribution in [0.25, 0.3) is 22.2 Å². The first-order valence-electron chi connectivity index (χ1n) is 15.2. The third kappa shape index (κ3) is 12.1. The van der Waals surface area contributed by atoms with Crippen molar-refractivity contribution in [3.05, 3.63) is 64.8 Å². The van der Waals surface area contributed by atoms with E-state index in [1.807, 2.05) is 43.3 Å². The maximum absolute atomic E-state index is 12.1. The Balaban J connectivity index is 0.000000231. The summed E-state index contributed by atoms with van der Waals surface area (Å²) >= 11 is 0. The molecule has 240 valence electrons. The number of H-pyrrole nitrogens is 1. The van der Waals surface area contributed by atoms with Crippen LogP contribution in [0.4, 0.5) is 4.79 Å². The normalized spacial score (nSPS) is 15.6. The third-order valence-electron chi connectivity index (χ3n) is 6.73. The Morgan fingerprint density at radius 2 is 1.70 bits per heavy atom. The van der Waals surface area contributed by atoms with Crippen molar-refractivity contribution in [2.45, 2.75) is 78.4 Å². The van der Waals surface area contributed by atoms with E-state index in [2.05, 4.69) is 31.1 Å². The number of hydrogen-bond acceptors (Lipinski definition) is 6. The molecular weight excluding hydrogens is 562 g/mol. The summed E-state index contributed by atoms with van der Waals surface area (Å²) < 4.78 is 10.3. The lowest BCUT2D eigenvalue weighted by atomic mass is 10.1. The number of likely N-dealkylation sites (tertiary alicyclic amines) is 1. The maximum Gasteiger partial charge on any atom is 0.407 e. The van der Waals surface area contributed by atoms with E-state index in [1.165, 1.54) is 17.7 Å². The van der Waals surface area contributed by atoms with Gasteiger partial charge in [0, 0.05) is 36.3 Å². The van der Waals surface area contributed by atoms with Crippen molar-refractivity contribution < 1.29 is 29.0 Å². The van der Waals surface area contributed by atoms with Crippen LogP contribution in [0, 0.1) is 5.92 Å². The van der Waals surface area contributed by atoms with Crippen LogP contribution in [0.2, 0.25) is 0 Å². The van der Waals surface area contributed by atoms with Gasteiger partial charge in [0.1, 0.15) is 17.9 Å². The second-order valence-electron chi connectivity index (χ2n) is 11.2. The predicted molar refractivity (Wildman–Crippen MR) is 173 cm³/mol. The van der Waals surface area contributed by atoms with Gasteiger partial charge in [0.2, 0.25) is 6.41 Å². The molecule has 44 heavy (non-hydrogen) atoms. The first-order chi connectivity index (χ1) is 21.1. The Bertz CT molecular complexity index is 1370. The number of ether oxygens (including phenoxy) is 2. The van der Waals surface area contributed by atoms with Gasteiger partial charge < -0.3 is 29.8 Å². The van der Waals surface area contributed by atoms with Crippen molar-refractivity contribution in [3.63, 3.8) is 0 Å². The molecule has 1 aliphatic heterocycles. The van der Waals surface area contributed by atoms with Crippen molar-refractivity contribution >= 4 is 29.4 Å². The second kappa shape index (κ2) is 19.0. The monoisotopic (exact) mass is 609 g/mol. The van der Waals surface area contributed by atoms with Gasteiger partial charge in [-0.05, 0) is 69.1 Å². The fraction of sp³-hybridized carbons (Fsp3) is 0.471. The molecule has 1 saturated heterocycles. The van der Waals surface area contributed by atoms with Crippen LogP contribution in [0.3, 0.4) is 0 Å². The minimum atomic E-state index is -0.899. The number of hydrogen-bond donors (Lipinski definition) is 3. The van der Waals surface area contributed by atoms with Crippen LogP contribution in [-0.4, -0.2) is 65.8 Å². The molecule has 0 bridgehead atoms. The quantitative estimate of drug-likeness (QED) is 0.282. The van der Waals surface area contributed by atoms with Crippen LogP contribution in [0.15, 0.2) is 59.4 Å². The molecular formula is C34H47N3O7. The molecule has 5 rings (SSSR count). The summed E-state index contributed by atoms with van der Waals surface area (Å²) in [6, 6.07) is 16.2. The Labute approximate surface area is 259 Å². The molecule has 2 aliphatic rings. The Morgan fingerprint density at radius 1 is 1.05 bits per heavy atom. The summed E-state index contributed by atoms with van der Waals surface area (Å²) in [6.45, 7) is 9.61. The lowest BCUT2D eigenvalue weighted by molar-refractivity contribution is -0.144. The molecule has 2 fully saturated rings. The predicted octanol–water partition coefficient (Wildman–Crippen LogP) is 6.23. The zero-order chi connectivity index (χ0) is 32.5. The number of carbonyl (C=O) groups is 3. The molecule has 10 nitrogen and oxygen atoms in total. The average molecular weight is 610 g/mol. The van der Waals surface area contributed by atoms with Crippen molar-refractivity contribution in [2.75, 3.05) is 20.2 Å². The lowest BCUT2D eigenvalue weighted by Crippen LogP contribution is -2.34. The van der Waals surface area contributed by atoms with E-state index in [1.54, 1.807) is 25.3 Å². The number of rotatable bonds is 6. The minimum absolute atomic E-state index is 0.00950. The first kappa shape index (κ1) is 35.9. The van der Waals surface area contributed by atoms with E-state index in [4.69, 9.17) is 14.6 Å². The van der Waals surface area contributed by atoms with E-state index in [0.717, 1.165) is 47.7 Å². The standard InChI is InChI=1S/C16H13NO2.C8H15NO2.C6H9NO3.C4H10/c1-19-12-7-8-13-15(9-12)17-14(10-16(13)18)11-5-3-2-4-6-11;1-2-9-8(10)11-7-5-3-4-6-7;8-4-7-3-1-2-5(7)6(9)10;1-4(2)3/h2-10H,1H3,(H,17,18);7H,2-6H2,1H3,(H,9,10);4-5H,1-3H2,(H,9,10);4H,1-3H3. The molecule has 1 unspecified atom stereocenters. The highest BCUT2D eigenvalue weighted by atomic mass is 16.6. The molecule has 0 spiro atoms. The lowest BCUT2D eigenvalue weighted by Gasteiger charge is -2.14. The van der Waals surface area contributed by atoms with Crippen LogP contribution in [0.1, 0.15) is 66.2 Å². The number of carboxylic acids is 1. The summed E-state index contributed by atoms with van der Waals surface area (Å²) in [5.41, 5.74) is 2.59. The van der Waals surface area contributed by atoms with Crippen molar-refractivity contribution in [1.29, 1.82) is 0 Å². The Kier molecular flexibility index (Phi) is 15.5.